The molecule has 1 atom stereocenters. The van der Waals surface area contributed by atoms with E-state index in [4.69, 9.17) is 10.5 Å². The van der Waals surface area contributed by atoms with Crippen LogP contribution >= 0.6 is 0 Å². The van der Waals surface area contributed by atoms with Crippen LogP contribution in [0.25, 0.3) is 0 Å². The predicted octanol–water partition coefficient (Wildman–Crippen LogP) is 3.60. The average molecular weight is 274 g/mol. The maximum absolute atomic E-state index is 14.0. The zero-order valence-electron chi connectivity index (χ0n) is 11.8. The molecule has 0 amide bonds. The Morgan fingerprint density at radius 2 is 2.10 bits per heavy atom. The van der Waals surface area contributed by atoms with Crippen LogP contribution in [0, 0.1) is 12.7 Å². The molecule has 2 aromatic rings. The number of hydrogen-bond acceptors (Lipinski definition) is 3. The largest absolute Gasteiger partial charge is 0.452 e. The van der Waals surface area contributed by atoms with E-state index in [2.05, 4.69) is 4.98 Å². The molecule has 0 fully saturated rings. The van der Waals surface area contributed by atoms with Gasteiger partial charge < -0.3 is 10.5 Å². The molecule has 1 unspecified atom stereocenters. The second-order valence-corrected chi connectivity index (χ2v) is 4.79. The minimum absolute atomic E-state index is 0.00542. The molecule has 0 radical (unpaired) electrons. The van der Waals surface area contributed by atoms with Crippen molar-refractivity contribution in [2.45, 2.75) is 32.7 Å². The number of pyridine rings is 1. The Bertz CT molecular complexity index is 586. The van der Waals surface area contributed by atoms with Crippen molar-refractivity contribution in [3.63, 3.8) is 0 Å². The van der Waals surface area contributed by atoms with Crippen LogP contribution < -0.4 is 10.5 Å². The Hall–Kier alpha value is -1.94. The number of ether oxygens (including phenoxy) is 1. The molecule has 0 bridgehead atoms. The van der Waals surface area contributed by atoms with Crippen molar-refractivity contribution in [1.29, 1.82) is 0 Å². The molecule has 0 saturated carbocycles. The number of aryl methyl sites for hydroxylation is 1. The van der Waals surface area contributed by atoms with Crippen LogP contribution in [0.5, 0.6) is 11.5 Å². The first kappa shape index (κ1) is 14.5. The zero-order valence-corrected chi connectivity index (χ0v) is 11.8. The number of nitrogens with two attached hydrogens (primary N) is 1. The van der Waals surface area contributed by atoms with Gasteiger partial charge in [0.2, 0.25) is 0 Å². The fourth-order valence-electron chi connectivity index (χ4n) is 1.94. The van der Waals surface area contributed by atoms with Gasteiger partial charge in [0.25, 0.3) is 0 Å². The van der Waals surface area contributed by atoms with Crippen molar-refractivity contribution < 1.29 is 9.13 Å². The molecule has 0 saturated heterocycles. The summed E-state index contributed by atoms with van der Waals surface area (Å²) in [6.45, 7) is 3.84. The van der Waals surface area contributed by atoms with Crippen LogP contribution in [0.2, 0.25) is 0 Å². The summed E-state index contributed by atoms with van der Waals surface area (Å²) in [6.07, 6.45) is 3.10. The predicted molar refractivity (Wildman–Crippen MR) is 77.4 cm³/mol. The third-order valence-corrected chi connectivity index (χ3v) is 3.23. The van der Waals surface area contributed by atoms with Gasteiger partial charge in [0.05, 0.1) is 5.69 Å². The van der Waals surface area contributed by atoms with Crippen LogP contribution in [-0.4, -0.2) is 11.0 Å². The van der Waals surface area contributed by atoms with Gasteiger partial charge in [0, 0.05) is 12.2 Å². The fourth-order valence-corrected chi connectivity index (χ4v) is 1.94. The maximum atomic E-state index is 14.0. The topological polar surface area (TPSA) is 48.1 Å². The average Bonchev–Trinajstić information content (AvgIpc) is 2.44. The van der Waals surface area contributed by atoms with E-state index in [9.17, 15) is 4.39 Å². The van der Waals surface area contributed by atoms with Crippen LogP contribution in [0.15, 0.2) is 36.5 Å². The highest BCUT2D eigenvalue weighted by molar-refractivity contribution is 5.40. The van der Waals surface area contributed by atoms with Crippen molar-refractivity contribution in [2.24, 2.45) is 5.73 Å². The van der Waals surface area contributed by atoms with E-state index in [0.29, 0.717) is 12.2 Å². The number of benzene rings is 1. The molecule has 2 rings (SSSR count). The molecule has 2 N–H and O–H groups in total. The van der Waals surface area contributed by atoms with Gasteiger partial charge in [0.15, 0.2) is 11.6 Å². The summed E-state index contributed by atoms with van der Waals surface area (Å²) in [5.41, 5.74) is 7.46. The SMILES string of the molecule is CCC(N)Cc1cccc(F)c1Oc1cccnc1C. The van der Waals surface area contributed by atoms with Gasteiger partial charge in [0.1, 0.15) is 5.75 Å². The molecule has 1 aromatic heterocycles. The molecule has 1 heterocycles. The smallest absolute Gasteiger partial charge is 0.166 e. The van der Waals surface area contributed by atoms with Crippen molar-refractivity contribution in [3.05, 3.63) is 53.6 Å². The molecule has 106 valence electrons. The lowest BCUT2D eigenvalue weighted by Crippen LogP contribution is -2.21. The Balaban J connectivity index is 2.33. The van der Waals surface area contributed by atoms with Gasteiger partial charge in [-0.25, -0.2) is 4.39 Å². The summed E-state index contributed by atoms with van der Waals surface area (Å²) >= 11 is 0. The van der Waals surface area contributed by atoms with E-state index in [-0.39, 0.29) is 17.6 Å². The van der Waals surface area contributed by atoms with Gasteiger partial charge in [-0.3, -0.25) is 4.98 Å². The van der Waals surface area contributed by atoms with E-state index in [1.54, 1.807) is 24.4 Å². The van der Waals surface area contributed by atoms with Gasteiger partial charge in [-0.05, 0) is 43.5 Å². The Morgan fingerprint density at radius 1 is 1.30 bits per heavy atom. The quantitative estimate of drug-likeness (QED) is 0.906. The highest BCUT2D eigenvalue weighted by Crippen LogP contribution is 2.30. The maximum Gasteiger partial charge on any atom is 0.166 e. The van der Waals surface area contributed by atoms with Crippen LogP contribution in [0.1, 0.15) is 24.6 Å². The monoisotopic (exact) mass is 274 g/mol. The molecule has 1 aromatic carbocycles. The Kier molecular flexibility index (Phi) is 4.69. The van der Waals surface area contributed by atoms with E-state index in [1.807, 2.05) is 19.9 Å². The van der Waals surface area contributed by atoms with Crippen molar-refractivity contribution in [1.82, 2.24) is 4.98 Å². The summed E-state index contributed by atoms with van der Waals surface area (Å²) in [7, 11) is 0. The number of halogens is 1. The van der Waals surface area contributed by atoms with Crippen LogP contribution in [-0.2, 0) is 6.42 Å². The molecule has 20 heavy (non-hydrogen) atoms. The second kappa shape index (κ2) is 6.48. The number of para-hydroxylation sites is 1. The zero-order chi connectivity index (χ0) is 14.5. The van der Waals surface area contributed by atoms with Crippen molar-refractivity contribution >= 4 is 0 Å². The number of nitrogens with zero attached hydrogens (tertiary/aromatic N) is 1. The van der Waals surface area contributed by atoms with E-state index in [1.165, 1.54) is 6.07 Å². The van der Waals surface area contributed by atoms with Crippen molar-refractivity contribution in [2.75, 3.05) is 0 Å². The first-order chi connectivity index (χ1) is 9.61. The van der Waals surface area contributed by atoms with Gasteiger partial charge in [-0.1, -0.05) is 19.1 Å². The Labute approximate surface area is 118 Å². The summed E-state index contributed by atoms with van der Waals surface area (Å²) < 4.78 is 19.8. The first-order valence-corrected chi connectivity index (χ1v) is 6.74. The van der Waals surface area contributed by atoms with E-state index in [0.717, 1.165) is 17.7 Å². The molecule has 0 aliphatic rings. The number of rotatable bonds is 5. The van der Waals surface area contributed by atoms with Gasteiger partial charge >= 0.3 is 0 Å². The summed E-state index contributed by atoms with van der Waals surface area (Å²) in [6, 6.07) is 8.45. The normalized spacial score (nSPS) is 12.2. The Morgan fingerprint density at radius 3 is 2.80 bits per heavy atom. The minimum Gasteiger partial charge on any atom is -0.452 e. The third kappa shape index (κ3) is 3.33. The lowest BCUT2D eigenvalue weighted by atomic mass is 10.0. The highest BCUT2D eigenvalue weighted by Gasteiger charge is 2.14. The number of hydrogen-bond donors (Lipinski definition) is 1. The molecule has 0 spiro atoms. The summed E-state index contributed by atoms with van der Waals surface area (Å²) in [5.74, 6) is 0.422. The van der Waals surface area contributed by atoms with E-state index < -0.39 is 0 Å². The molecule has 0 aliphatic heterocycles. The number of aromatic nitrogens is 1. The lowest BCUT2D eigenvalue weighted by Gasteiger charge is -2.15. The molecule has 0 aliphatic carbocycles. The molecule has 3 nitrogen and oxygen atoms in total. The summed E-state index contributed by atoms with van der Waals surface area (Å²) in [4.78, 5) is 4.14. The minimum atomic E-state index is -0.381. The lowest BCUT2D eigenvalue weighted by molar-refractivity contribution is 0.428. The molecular weight excluding hydrogens is 255 g/mol. The van der Waals surface area contributed by atoms with Crippen LogP contribution in [0.4, 0.5) is 4.39 Å². The first-order valence-electron chi connectivity index (χ1n) is 6.74. The van der Waals surface area contributed by atoms with Gasteiger partial charge in [-0.15, -0.1) is 0 Å². The fraction of sp³-hybridized carbons (Fsp3) is 0.312. The van der Waals surface area contributed by atoms with Gasteiger partial charge in [-0.2, -0.15) is 0 Å². The molecule has 4 heteroatoms. The summed E-state index contributed by atoms with van der Waals surface area (Å²) in [5, 5.41) is 0. The molecular formula is C16H19FN2O. The standard InChI is InChI=1S/C16H19FN2O/c1-3-13(18)10-12-6-4-7-14(17)16(12)20-15-8-5-9-19-11(15)2/h4-9,13H,3,10,18H2,1-2H3. The van der Waals surface area contributed by atoms with Crippen molar-refractivity contribution in [3.8, 4) is 11.5 Å². The van der Waals surface area contributed by atoms with E-state index >= 15 is 0 Å². The highest BCUT2D eigenvalue weighted by atomic mass is 19.1. The van der Waals surface area contributed by atoms with Crippen LogP contribution in [0.3, 0.4) is 0 Å². The second-order valence-electron chi connectivity index (χ2n) is 4.79. The third-order valence-electron chi connectivity index (χ3n) is 3.23.